The van der Waals surface area contributed by atoms with Crippen LogP contribution in [0.25, 0.3) is 0 Å². The Bertz CT molecular complexity index is 2090. The van der Waals surface area contributed by atoms with Crippen LogP contribution in [0.5, 0.6) is 0 Å². The summed E-state index contributed by atoms with van der Waals surface area (Å²) in [7, 11) is 0. The van der Waals surface area contributed by atoms with E-state index in [0.29, 0.717) is 95.8 Å². The number of hydrogen-bond donors (Lipinski definition) is 0. The molecule has 10 saturated heterocycles. The fourth-order valence-electron chi connectivity index (χ4n) is 19.4. The number of hydrogen-bond acceptors (Lipinski definition) is 12. The molecule has 4 bridgehead atoms. The van der Waals surface area contributed by atoms with Gasteiger partial charge in [0.1, 0.15) is 5.78 Å². The van der Waals surface area contributed by atoms with Gasteiger partial charge >= 0.3 is 0 Å². The Labute approximate surface area is 574 Å². The number of carbonyl (C=O) groups excluding carboxylic acids is 2. The molecule has 13 nitrogen and oxygen atoms in total. The predicted molar refractivity (Wildman–Crippen MR) is 390 cm³/mol. The van der Waals surface area contributed by atoms with Crippen molar-refractivity contribution in [2.24, 2.45) is 58.7 Å². The second-order valence-corrected chi connectivity index (χ2v) is 35.9. The standard InChI is InChI=1S/C12H23NO2.2C12H23NO.C12H23N.C12H21N.2C10H19NO/c1-9(2)11-7-12(14-5-6-15-12)8-13(11)10(3)4;1-9(2)11-5-12(7-14-8-12)6-13(11)10(3)4;1-9(2)11-7-12(5-6-14-12)8-13(11)10(3)4;2*1-8(2)12-10-5-6-11(7-10)13(12)9(3)4;1-7(2)10-5-9(12)6-11(10)8(3)4;1-7(2)9-5-6-10(12)11(9)8(3)4/h9-11H,5-8H2,1-4H3;2*9-11H,5-8H2,1-4H3;8-12H,5-7H2,1-4H3;5-6,8-12H,7H2,1-4H3;7-8,10H,5-6H2,1-4H3;7-9H,5-6H2,1-4H3/t2*11-;11-,12?;2*10-,11+,12+;10-;9-/m0000000/s1. The summed E-state index contributed by atoms with van der Waals surface area (Å²) >= 11 is 0. The molecule has 93 heavy (non-hydrogen) atoms. The Morgan fingerprint density at radius 2 is 0.935 bits per heavy atom. The van der Waals surface area contributed by atoms with Gasteiger partial charge in [-0.25, -0.2) is 0 Å². The van der Waals surface area contributed by atoms with Crippen LogP contribution in [0.2, 0.25) is 0 Å². The number of Topliss-reactive ketones (excluding diaryl/α,β-unsaturated/α-hetero) is 1. The number of piperidine rings is 1. The van der Waals surface area contributed by atoms with Crippen molar-refractivity contribution in [1.29, 1.82) is 0 Å². The Kier molecular flexibility index (Phi) is 30.0. The summed E-state index contributed by atoms with van der Waals surface area (Å²) in [6.07, 6.45) is 18.1. The molecule has 1 saturated carbocycles. The zero-order chi connectivity index (χ0) is 69.5. The van der Waals surface area contributed by atoms with E-state index in [2.05, 4.69) is 235 Å². The topological polar surface area (TPSA) is 93.7 Å². The van der Waals surface area contributed by atoms with Gasteiger partial charge in [-0.2, -0.15) is 0 Å². The summed E-state index contributed by atoms with van der Waals surface area (Å²) in [4.78, 5) is 40.4. The third kappa shape index (κ3) is 19.9. The van der Waals surface area contributed by atoms with E-state index in [0.717, 1.165) is 150 Å². The molecule has 12 rings (SSSR count). The maximum absolute atomic E-state index is 11.5. The van der Waals surface area contributed by atoms with Crippen LogP contribution < -0.4 is 0 Å². The van der Waals surface area contributed by atoms with Gasteiger partial charge in [-0.05, 0) is 195 Å². The Morgan fingerprint density at radius 1 is 0.441 bits per heavy atom. The van der Waals surface area contributed by atoms with Gasteiger partial charge in [-0.3, -0.25) is 39.0 Å². The number of carbonyl (C=O) groups is 2. The molecule has 0 aromatic heterocycles. The SMILES string of the molecule is CC(C)[C@@H]1CC(=O)CN1C(C)C.CC(C)[C@@H]1CC2(CCO2)CN1C(C)C.CC(C)[C@@H]1CC2(CN1C(C)C)OCCO2.CC(C)[C@@H]1CC2(COC2)CN1C(C)C.CC(C)[C@@H]1CCC(=O)N1C(C)C.CC(C)[C@@H]1[C@H]2C=C[C@H](C2)N1C(C)C.CC(C)[C@@H]1[C@H]2CC[C@H](C2)N1C(C)C. The summed E-state index contributed by atoms with van der Waals surface area (Å²) in [5, 5.41) is 0. The van der Waals surface area contributed by atoms with Gasteiger partial charge in [0.05, 0.1) is 51.7 Å². The number of fused-ring (bicyclic) bond motifs is 4. The first kappa shape index (κ1) is 80.5. The van der Waals surface area contributed by atoms with E-state index in [1.54, 1.807) is 0 Å². The van der Waals surface area contributed by atoms with Crippen LogP contribution in [-0.2, 0) is 28.5 Å². The molecule has 12 atom stereocenters. The summed E-state index contributed by atoms with van der Waals surface area (Å²) in [5.74, 6) is 7.35. The molecule has 0 aromatic rings. The van der Waals surface area contributed by atoms with Crippen LogP contribution in [0.4, 0.5) is 0 Å². The van der Waals surface area contributed by atoms with Crippen molar-refractivity contribution in [1.82, 2.24) is 34.3 Å². The predicted octanol–water partition coefficient (Wildman–Crippen LogP) is 15.6. The molecule has 12 aliphatic rings. The first-order valence-corrected chi connectivity index (χ1v) is 39.0. The van der Waals surface area contributed by atoms with Crippen LogP contribution in [0, 0.1) is 58.7 Å². The summed E-state index contributed by atoms with van der Waals surface area (Å²) < 4.78 is 22.8. The second kappa shape index (κ2) is 34.7. The van der Waals surface area contributed by atoms with Gasteiger partial charge in [0.2, 0.25) is 5.91 Å². The van der Waals surface area contributed by atoms with Crippen molar-refractivity contribution < 1.29 is 28.5 Å². The van der Waals surface area contributed by atoms with E-state index in [4.69, 9.17) is 18.9 Å². The van der Waals surface area contributed by atoms with Crippen LogP contribution in [0.1, 0.15) is 264 Å². The van der Waals surface area contributed by atoms with E-state index in [9.17, 15) is 9.59 Å². The average Bonchev–Trinajstić information content (AvgIpc) is 1.66. The molecule has 542 valence electrons. The molecule has 13 heteroatoms. The number of amides is 1. The van der Waals surface area contributed by atoms with Crippen molar-refractivity contribution in [3.63, 3.8) is 0 Å². The van der Waals surface area contributed by atoms with E-state index < -0.39 is 0 Å². The number of nitrogens with zero attached hydrogens (tertiary/aromatic N) is 7. The number of ketones is 1. The monoisotopic (exact) mass is 1310 g/mol. The van der Waals surface area contributed by atoms with Crippen molar-refractivity contribution in [2.75, 3.05) is 59.2 Å². The Hall–Kier alpha value is -1.52. The molecule has 10 aliphatic heterocycles. The Morgan fingerprint density at radius 3 is 1.30 bits per heavy atom. The van der Waals surface area contributed by atoms with E-state index in [1.165, 1.54) is 51.5 Å². The molecular formula is C80H151N7O6. The number of rotatable bonds is 14. The minimum Gasteiger partial charge on any atom is -0.380 e. The van der Waals surface area contributed by atoms with Crippen molar-refractivity contribution in [2.45, 2.75) is 373 Å². The molecule has 0 N–H and O–H groups in total. The zero-order valence-corrected chi connectivity index (χ0v) is 65.8. The van der Waals surface area contributed by atoms with Crippen LogP contribution in [0.3, 0.4) is 0 Å². The van der Waals surface area contributed by atoms with Crippen molar-refractivity contribution in [3.05, 3.63) is 12.2 Å². The van der Waals surface area contributed by atoms with Crippen molar-refractivity contribution in [3.8, 4) is 0 Å². The van der Waals surface area contributed by atoms with E-state index in [-0.39, 0.29) is 11.4 Å². The first-order valence-electron chi connectivity index (χ1n) is 39.0. The highest BCUT2D eigenvalue weighted by molar-refractivity contribution is 5.83. The summed E-state index contributed by atoms with van der Waals surface area (Å²) in [5.41, 5.74) is 0.776. The summed E-state index contributed by atoms with van der Waals surface area (Å²) in [6.45, 7) is 72.3. The van der Waals surface area contributed by atoms with Gasteiger partial charge in [-0.15, -0.1) is 0 Å². The fraction of sp³-hybridized carbons (Fsp3) is 0.950. The molecule has 0 radical (unpaired) electrons. The lowest BCUT2D eigenvalue weighted by Gasteiger charge is -2.40. The minimum atomic E-state index is -0.279. The molecule has 1 amide bonds. The average molecular weight is 1310 g/mol. The smallest absolute Gasteiger partial charge is 0.223 e. The van der Waals surface area contributed by atoms with E-state index >= 15 is 0 Å². The molecular weight excluding hydrogens is 1150 g/mol. The van der Waals surface area contributed by atoms with Gasteiger partial charge < -0.3 is 23.8 Å². The quantitative estimate of drug-likeness (QED) is 0.155. The first-order chi connectivity index (χ1) is 43.4. The highest BCUT2D eigenvalue weighted by atomic mass is 16.7. The van der Waals surface area contributed by atoms with Gasteiger partial charge in [-0.1, -0.05) is 109 Å². The molecule has 10 heterocycles. The molecule has 0 aromatic carbocycles. The Balaban J connectivity index is 0.000000172. The third-order valence-electron chi connectivity index (χ3n) is 24.1. The summed E-state index contributed by atoms with van der Waals surface area (Å²) in [6, 6.07) is 10.7. The second-order valence-electron chi connectivity index (χ2n) is 35.9. The lowest BCUT2D eigenvalue weighted by molar-refractivity contribution is -0.146. The maximum Gasteiger partial charge on any atom is 0.223 e. The highest BCUT2D eigenvalue weighted by Crippen LogP contribution is 2.48. The molecule has 2 aliphatic carbocycles. The van der Waals surface area contributed by atoms with E-state index in [1.807, 2.05) is 4.90 Å². The molecule has 11 fully saturated rings. The van der Waals surface area contributed by atoms with Gasteiger partial charge in [0.25, 0.3) is 0 Å². The zero-order valence-electron chi connectivity index (χ0n) is 65.8. The van der Waals surface area contributed by atoms with Gasteiger partial charge in [0.15, 0.2) is 5.79 Å². The lowest BCUT2D eigenvalue weighted by Crippen LogP contribution is -2.47. The molecule has 1 unspecified atom stereocenters. The number of likely N-dealkylation sites (tertiary alicyclic amines) is 7. The third-order valence-corrected chi connectivity index (χ3v) is 24.1. The fourth-order valence-corrected chi connectivity index (χ4v) is 19.4. The molecule has 3 spiro atoms. The highest BCUT2D eigenvalue weighted by Gasteiger charge is 2.53. The normalized spacial score (nSPS) is 33.1. The largest absolute Gasteiger partial charge is 0.380 e. The van der Waals surface area contributed by atoms with Crippen molar-refractivity contribution >= 4 is 11.7 Å². The van der Waals surface area contributed by atoms with Gasteiger partial charge in [0, 0.05) is 141 Å². The van der Waals surface area contributed by atoms with Crippen LogP contribution in [-0.4, -0.2) is 213 Å². The lowest BCUT2D eigenvalue weighted by atomic mass is 9.82. The van der Waals surface area contributed by atoms with Crippen LogP contribution >= 0.6 is 0 Å². The minimum absolute atomic E-state index is 0.249. The van der Waals surface area contributed by atoms with Crippen LogP contribution in [0.15, 0.2) is 12.2 Å². The maximum atomic E-state index is 11.5. The number of ether oxygens (including phenoxy) is 4.